The molecule has 0 spiro atoms. The predicted molar refractivity (Wildman–Crippen MR) is 78.2 cm³/mol. The average molecular weight is 281 g/mol. The minimum absolute atomic E-state index is 0.00978. The molecule has 3 nitrogen and oxygen atoms in total. The SMILES string of the molecule is C[C@H](c1ccccc1Cl)N(C)C(=O)C[C@H]1CCNC1. The zero-order valence-corrected chi connectivity index (χ0v) is 12.3. The summed E-state index contributed by atoms with van der Waals surface area (Å²) in [6, 6.07) is 7.72. The number of nitrogens with one attached hydrogen (secondary N) is 1. The summed E-state index contributed by atoms with van der Waals surface area (Å²) in [4.78, 5) is 14.1. The maximum atomic E-state index is 12.3. The number of hydrogen-bond acceptors (Lipinski definition) is 2. The van der Waals surface area contributed by atoms with Crippen LogP contribution in [-0.2, 0) is 4.79 Å². The van der Waals surface area contributed by atoms with E-state index in [1.54, 1.807) is 4.90 Å². The normalized spacial score (nSPS) is 20.3. The standard InChI is InChI=1S/C15H21ClN2O/c1-11(13-5-3-4-6-14(13)16)18(2)15(19)9-12-7-8-17-10-12/h3-6,11-12,17H,7-10H2,1-2H3/t11-,12-/m1/s1. The van der Waals surface area contributed by atoms with Gasteiger partial charge in [-0.3, -0.25) is 4.79 Å². The van der Waals surface area contributed by atoms with Gasteiger partial charge in [-0.15, -0.1) is 0 Å². The van der Waals surface area contributed by atoms with Crippen LogP contribution in [-0.4, -0.2) is 30.9 Å². The molecule has 4 heteroatoms. The summed E-state index contributed by atoms with van der Waals surface area (Å²) in [6.07, 6.45) is 1.72. The minimum Gasteiger partial charge on any atom is -0.339 e. The van der Waals surface area contributed by atoms with Crippen molar-refractivity contribution in [1.82, 2.24) is 10.2 Å². The van der Waals surface area contributed by atoms with E-state index in [9.17, 15) is 4.79 Å². The van der Waals surface area contributed by atoms with Gasteiger partial charge >= 0.3 is 0 Å². The van der Waals surface area contributed by atoms with Gasteiger partial charge in [0.1, 0.15) is 0 Å². The molecule has 0 saturated carbocycles. The van der Waals surface area contributed by atoms with E-state index in [2.05, 4.69) is 5.32 Å². The maximum Gasteiger partial charge on any atom is 0.223 e. The van der Waals surface area contributed by atoms with E-state index < -0.39 is 0 Å². The van der Waals surface area contributed by atoms with Crippen molar-refractivity contribution in [1.29, 1.82) is 0 Å². The lowest BCUT2D eigenvalue weighted by molar-refractivity contribution is -0.132. The highest BCUT2D eigenvalue weighted by Crippen LogP contribution is 2.27. The first kappa shape index (κ1) is 14.4. The van der Waals surface area contributed by atoms with Crippen molar-refractivity contribution in [3.8, 4) is 0 Å². The Morgan fingerprint density at radius 2 is 2.26 bits per heavy atom. The van der Waals surface area contributed by atoms with Gasteiger partial charge in [0.25, 0.3) is 0 Å². The van der Waals surface area contributed by atoms with Crippen molar-refractivity contribution in [3.63, 3.8) is 0 Å². The molecule has 0 aromatic heterocycles. The molecule has 2 rings (SSSR count). The zero-order chi connectivity index (χ0) is 13.8. The molecule has 0 radical (unpaired) electrons. The first-order valence-corrected chi connectivity index (χ1v) is 7.18. The van der Waals surface area contributed by atoms with Crippen molar-refractivity contribution >= 4 is 17.5 Å². The molecule has 1 saturated heterocycles. The number of nitrogens with zero attached hydrogens (tertiary/aromatic N) is 1. The van der Waals surface area contributed by atoms with Crippen molar-refractivity contribution in [2.24, 2.45) is 5.92 Å². The molecule has 1 N–H and O–H groups in total. The number of carbonyl (C=O) groups is 1. The van der Waals surface area contributed by atoms with Crippen molar-refractivity contribution in [3.05, 3.63) is 34.9 Å². The van der Waals surface area contributed by atoms with Crippen molar-refractivity contribution in [2.75, 3.05) is 20.1 Å². The number of carbonyl (C=O) groups excluding carboxylic acids is 1. The number of hydrogen-bond donors (Lipinski definition) is 1. The molecule has 2 atom stereocenters. The highest BCUT2D eigenvalue weighted by Gasteiger charge is 2.23. The summed E-state index contributed by atoms with van der Waals surface area (Å²) in [5.74, 6) is 0.675. The fraction of sp³-hybridized carbons (Fsp3) is 0.533. The fourth-order valence-corrected chi connectivity index (χ4v) is 2.81. The van der Waals surface area contributed by atoms with Crippen LogP contribution in [0.1, 0.15) is 31.4 Å². The summed E-state index contributed by atoms with van der Waals surface area (Å²) in [5.41, 5.74) is 1.00. The summed E-state index contributed by atoms with van der Waals surface area (Å²) < 4.78 is 0. The molecule has 0 aliphatic carbocycles. The van der Waals surface area contributed by atoms with Gasteiger partial charge in [-0.25, -0.2) is 0 Å². The largest absolute Gasteiger partial charge is 0.339 e. The Balaban J connectivity index is 2.00. The topological polar surface area (TPSA) is 32.3 Å². The quantitative estimate of drug-likeness (QED) is 0.920. The summed E-state index contributed by atoms with van der Waals surface area (Å²) in [6.45, 7) is 4.01. The van der Waals surface area contributed by atoms with E-state index in [0.717, 1.165) is 30.1 Å². The summed E-state index contributed by atoms with van der Waals surface area (Å²) >= 11 is 6.19. The second-order valence-corrected chi connectivity index (χ2v) is 5.67. The van der Waals surface area contributed by atoms with Crippen LogP contribution in [0.2, 0.25) is 5.02 Å². The first-order chi connectivity index (χ1) is 9.09. The van der Waals surface area contributed by atoms with Gasteiger partial charge in [-0.2, -0.15) is 0 Å². The maximum absolute atomic E-state index is 12.3. The lowest BCUT2D eigenvalue weighted by Gasteiger charge is -2.27. The lowest BCUT2D eigenvalue weighted by Crippen LogP contribution is -2.31. The van der Waals surface area contributed by atoms with E-state index in [0.29, 0.717) is 12.3 Å². The second-order valence-electron chi connectivity index (χ2n) is 5.27. The van der Waals surface area contributed by atoms with Crippen LogP contribution >= 0.6 is 11.6 Å². The van der Waals surface area contributed by atoms with Gasteiger partial charge in [0, 0.05) is 18.5 Å². The van der Waals surface area contributed by atoms with Crippen LogP contribution in [0.4, 0.5) is 0 Å². The number of halogens is 1. The molecular formula is C15H21ClN2O. The zero-order valence-electron chi connectivity index (χ0n) is 11.5. The van der Waals surface area contributed by atoms with Crippen LogP contribution in [0, 0.1) is 5.92 Å². The molecule has 1 amide bonds. The van der Waals surface area contributed by atoms with E-state index >= 15 is 0 Å². The molecular weight excluding hydrogens is 260 g/mol. The number of rotatable bonds is 4. The Labute approximate surface area is 119 Å². The van der Waals surface area contributed by atoms with Crippen LogP contribution < -0.4 is 5.32 Å². The van der Waals surface area contributed by atoms with E-state index in [4.69, 9.17) is 11.6 Å². The van der Waals surface area contributed by atoms with Crippen molar-refractivity contribution in [2.45, 2.75) is 25.8 Å². The van der Waals surface area contributed by atoms with Gasteiger partial charge in [-0.05, 0) is 44.0 Å². The number of benzene rings is 1. The first-order valence-electron chi connectivity index (χ1n) is 6.80. The molecule has 104 valence electrons. The van der Waals surface area contributed by atoms with Gasteiger partial charge in [0.05, 0.1) is 6.04 Å². The van der Waals surface area contributed by atoms with Crippen LogP contribution in [0.15, 0.2) is 24.3 Å². The average Bonchev–Trinajstić information content (AvgIpc) is 2.90. The Kier molecular flexibility index (Phi) is 4.83. The molecule has 1 fully saturated rings. The molecule has 1 aromatic rings. The van der Waals surface area contributed by atoms with Crippen LogP contribution in [0.5, 0.6) is 0 Å². The Bertz CT molecular complexity index is 444. The fourth-order valence-electron chi connectivity index (χ4n) is 2.52. The van der Waals surface area contributed by atoms with Gasteiger partial charge < -0.3 is 10.2 Å². The second kappa shape index (κ2) is 6.40. The molecule has 1 heterocycles. The van der Waals surface area contributed by atoms with E-state index in [-0.39, 0.29) is 11.9 Å². The lowest BCUT2D eigenvalue weighted by atomic mass is 10.0. The van der Waals surface area contributed by atoms with Gasteiger partial charge in [0.2, 0.25) is 5.91 Å². The van der Waals surface area contributed by atoms with Gasteiger partial charge in [-0.1, -0.05) is 29.8 Å². The smallest absolute Gasteiger partial charge is 0.223 e. The third kappa shape index (κ3) is 3.48. The van der Waals surface area contributed by atoms with Crippen LogP contribution in [0.3, 0.4) is 0 Å². The minimum atomic E-state index is 0.00978. The molecule has 0 unspecified atom stereocenters. The molecule has 0 bridgehead atoms. The summed E-state index contributed by atoms with van der Waals surface area (Å²) in [7, 11) is 1.86. The van der Waals surface area contributed by atoms with Gasteiger partial charge in [0.15, 0.2) is 0 Å². The Hall–Kier alpha value is -1.06. The predicted octanol–water partition coefficient (Wildman–Crippen LogP) is 2.86. The third-order valence-corrected chi connectivity index (χ3v) is 4.30. The third-order valence-electron chi connectivity index (χ3n) is 3.96. The summed E-state index contributed by atoms with van der Waals surface area (Å²) in [5, 5.41) is 4.01. The highest BCUT2D eigenvalue weighted by atomic mass is 35.5. The Morgan fingerprint density at radius 3 is 2.89 bits per heavy atom. The van der Waals surface area contributed by atoms with E-state index in [1.165, 1.54) is 0 Å². The van der Waals surface area contributed by atoms with Crippen molar-refractivity contribution < 1.29 is 4.79 Å². The molecule has 19 heavy (non-hydrogen) atoms. The van der Waals surface area contributed by atoms with Crippen LogP contribution in [0.25, 0.3) is 0 Å². The van der Waals surface area contributed by atoms with E-state index in [1.807, 2.05) is 38.2 Å². The molecule has 1 aliphatic rings. The highest BCUT2D eigenvalue weighted by molar-refractivity contribution is 6.31. The monoisotopic (exact) mass is 280 g/mol. The Morgan fingerprint density at radius 1 is 1.53 bits per heavy atom. The molecule has 1 aliphatic heterocycles. The molecule has 1 aromatic carbocycles. The number of amides is 1.